The van der Waals surface area contributed by atoms with Crippen LogP contribution < -0.4 is 5.32 Å². The van der Waals surface area contributed by atoms with Gasteiger partial charge >= 0.3 is 0 Å². The number of carbonyl (C=O) groups excluding carboxylic acids is 1. The van der Waals surface area contributed by atoms with Crippen molar-refractivity contribution in [2.75, 3.05) is 5.32 Å². The van der Waals surface area contributed by atoms with E-state index in [1.807, 2.05) is 0 Å². The summed E-state index contributed by atoms with van der Waals surface area (Å²) in [6.07, 6.45) is 2.98. The topological polar surface area (TPSA) is 29.1 Å². The molecule has 0 aliphatic heterocycles. The fraction of sp³-hybridized carbons (Fsp3) is 0. The largest absolute Gasteiger partial charge is 0.321 e. The zero-order valence-corrected chi connectivity index (χ0v) is 12.6. The molecule has 0 unspecified atom stereocenters. The molecule has 0 bridgehead atoms. The number of rotatable bonds is 3. The smallest absolute Gasteiger partial charge is 0.248 e. The fourth-order valence-electron chi connectivity index (χ4n) is 1.51. The predicted octanol–water partition coefficient (Wildman–Crippen LogP) is 4.89. The van der Waals surface area contributed by atoms with Gasteiger partial charge in [0.1, 0.15) is 5.82 Å². The molecule has 0 fully saturated rings. The van der Waals surface area contributed by atoms with Crippen LogP contribution in [-0.4, -0.2) is 5.91 Å². The van der Waals surface area contributed by atoms with E-state index in [1.54, 1.807) is 36.4 Å². The first kappa shape index (κ1) is 14.8. The normalized spacial score (nSPS) is 10.8. The van der Waals surface area contributed by atoms with Crippen molar-refractivity contribution in [3.05, 3.63) is 69.4 Å². The molecule has 5 heteroatoms. The highest BCUT2D eigenvalue weighted by Gasteiger charge is 2.03. The van der Waals surface area contributed by atoms with Crippen LogP contribution in [0.3, 0.4) is 0 Å². The van der Waals surface area contributed by atoms with Crippen LogP contribution in [0.25, 0.3) is 6.08 Å². The minimum Gasteiger partial charge on any atom is -0.321 e. The van der Waals surface area contributed by atoms with E-state index in [4.69, 9.17) is 11.6 Å². The van der Waals surface area contributed by atoms with Gasteiger partial charge in [0.05, 0.1) is 5.69 Å². The minimum atomic E-state index is -0.311. The second-order valence-corrected chi connectivity index (χ2v) is 5.29. The highest BCUT2D eigenvalue weighted by atomic mass is 79.9. The molecule has 0 saturated heterocycles. The Kier molecular flexibility index (Phi) is 4.93. The maximum atomic E-state index is 12.7. The first-order valence-electron chi connectivity index (χ1n) is 5.74. The van der Waals surface area contributed by atoms with E-state index in [1.165, 1.54) is 18.2 Å². The van der Waals surface area contributed by atoms with Crippen LogP contribution in [0, 0.1) is 5.82 Å². The Morgan fingerprint density at radius 1 is 1.20 bits per heavy atom. The Morgan fingerprint density at radius 3 is 2.60 bits per heavy atom. The summed E-state index contributed by atoms with van der Waals surface area (Å²) in [7, 11) is 0. The van der Waals surface area contributed by atoms with Crippen molar-refractivity contribution < 1.29 is 9.18 Å². The molecule has 102 valence electrons. The third kappa shape index (κ3) is 4.18. The van der Waals surface area contributed by atoms with Crippen LogP contribution in [0.2, 0.25) is 5.02 Å². The number of anilines is 1. The number of carbonyl (C=O) groups is 1. The molecule has 2 rings (SSSR count). The van der Waals surface area contributed by atoms with Crippen LogP contribution in [-0.2, 0) is 4.79 Å². The Morgan fingerprint density at radius 2 is 1.90 bits per heavy atom. The molecule has 0 aromatic heterocycles. The number of halogens is 3. The highest BCUT2D eigenvalue weighted by Crippen LogP contribution is 2.25. The molecule has 0 aliphatic carbocycles. The van der Waals surface area contributed by atoms with E-state index < -0.39 is 0 Å². The van der Waals surface area contributed by atoms with Crippen molar-refractivity contribution in [1.82, 2.24) is 0 Å². The molecule has 20 heavy (non-hydrogen) atoms. The Labute approximate surface area is 129 Å². The highest BCUT2D eigenvalue weighted by molar-refractivity contribution is 9.10. The van der Waals surface area contributed by atoms with Crippen LogP contribution in [0.15, 0.2) is 53.0 Å². The lowest BCUT2D eigenvalue weighted by Crippen LogP contribution is -2.08. The molecular formula is C15H10BrClFNO. The average molecular weight is 355 g/mol. The summed E-state index contributed by atoms with van der Waals surface area (Å²) in [6, 6.07) is 11.0. The van der Waals surface area contributed by atoms with Gasteiger partial charge in [-0.3, -0.25) is 4.79 Å². The van der Waals surface area contributed by atoms with Crippen molar-refractivity contribution >= 4 is 45.2 Å². The van der Waals surface area contributed by atoms with E-state index in [0.29, 0.717) is 10.7 Å². The van der Waals surface area contributed by atoms with Crippen molar-refractivity contribution in [1.29, 1.82) is 0 Å². The van der Waals surface area contributed by atoms with Gasteiger partial charge in [0.15, 0.2) is 0 Å². The van der Waals surface area contributed by atoms with E-state index >= 15 is 0 Å². The lowest BCUT2D eigenvalue weighted by atomic mass is 10.2. The van der Waals surface area contributed by atoms with Crippen molar-refractivity contribution in [2.24, 2.45) is 0 Å². The molecular weight excluding hydrogens is 345 g/mol. The number of amides is 1. The summed E-state index contributed by atoms with van der Waals surface area (Å²) in [4.78, 5) is 11.8. The number of hydrogen-bond acceptors (Lipinski definition) is 1. The van der Waals surface area contributed by atoms with Gasteiger partial charge in [-0.2, -0.15) is 0 Å². The molecule has 0 spiro atoms. The summed E-state index contributed by atoms with van der Waals surface area (Å²) in [6.45, 7) is 0. The number of nitrogens with one attached hydrogen (secondary N) is 1. The van der Waals surface area contributed by atoms with Crippen LogP contribution in [0.1, 0.15) is 5.56 Å². The third-order valence-electron chi connectivity index (χ3n) is 2.48. The van der Waals surface area contributed by atoms with Gasteiger partial charge in [0, 0.05) is 15.6 Å². The Bertz CT molecular complexity index is 655. The lowest BCUT2D eigenvalue weighted by Gasteiger charge is -2.05. The Hall–Kier alpha value is -1.65. The van der Waals surface area contributed by atoms with E-state index in [-0.39, 0.29) is 11.7 Å². The van der Waals surface area contributed by atoms with Gasteiger partial charge in [-0.25, -0.2) is 4.39 Å². The van der Waals surface area contributed by atoms with Crippen molar-refractivity contribution in [2.45, 2.75) is 0 Å². The SMILES string of the molecule is O=C(/C=C/c1ccc(F)cc1)Nc1cc(Cl)ccc1Br. The monoisotopic (exact) mass is 353 g/mol. The summed E-state index contributed by atoms with van der Waals surface area (Å²) in [5.74, 6) is -0.605. The van der Waals surface area contributed by atoms with Crippen LogP contribution >= 0.6 is 27.5 Å². The van der Waals surface area contributed by atoms with Crippen molar-refractivity contribution in [3.8, 4) is 0 Å². The van der Waals surface area contributed by atoms with Crippen molar-refractivity contribution in [3.63, 3.8) is 0 Å². The van der Waals surface area contributed by atoms with Gasteiger partial charge < -0.3 is 5.32 Å². The molecule has 2 nitrogen and oxygen atoms in total. The zero-order chi connectivity index (χ0) is 14.5. The number of benzene rings is 2. The van der Waals surface area contributed by atoms with Crippen LogP contribution in [0.4, 0.5) is 10.1 Å². The molecule has 0 radical (unpaired) electrons. The number of hydrogen-bond donors (Lipinski definition) is 1. The molecule has 0 atom stereocenters. The van der Waals surface area contributed by atoms with Gasteiger partial charge in [-0.15, -0.1) is 0 Å². The molecule has 1 N–H and O–H groups in total. The maximum absolute atomic E-state index is 12.7. The lowest BCUT2D eigenvalue weighted by molar-refractivity contribution is -0.111. The van der Waals surface area contributed by atoms with E-state index in [9.17, 15) is 9.18 Å². The first-order chi connectivity index (χ1) is 9.54. The standard InChI is InChI=1S/C15H10BrClFNO/c16-13-7-4-11(17)9-14(13)19-15(20)8-3-10-1-5-12(18)6-2-10/h1-9H,(H,19,20)/b8-3+. The fourth-order valence-corrected chi connectivity index (χ4v) is 2.03. The van der Waals surface area contributed by atoms with Gasteiger partial charge in [-0.1, -0.05) is 23.7 Å². The summed E-state index contributed by atoms with van der Waals surface area (Å²) >= 11 is 9.19. The zero-order valence-electron chi connectivity index (χ0n) is 10.2. The average Bonchev–Trinajstić information content (AvgIpc) is 2.42. The molecule has 0 aliphatic rings. The summed E-state index contributed by atoms with van der Waals surface area (Å²) in [5.41, 5.74) is 1.33. The molecule has 0 heterocycles. The second-order valence-electron chi connectivity index (χ2n) is 4.00. The summed E-state index contributed by atoms with van der Waals surface area (Å²) in [5, 5.41) is 3.23. The first-order valence-corrected chi connectivity index (χ1v) is 6.91. The van der Waals surface area contributed by atoms with Gasteiger partial charge in [-0.05, 0) is 57.9 Å². The minimum absolute atomic E-state index is 0.294. The van der Waals surface area contributed by atoms with Crippen LogP contribution in [0.5, 0.6) is 0 Å². The third-order valence-corrected chi connectivity index (χ3v) is 3.41. The Balaban J connectivity index is 2.05. The van der Waals surface area contributed by atoms with Gasteiger partial charge in [0.2, 0.25) is 5.91 Å². The molecule has 0 saturated carbocycles. The summed E-state index contributed by atoms with van der Waals surface area (Å²) < 4.78 is 13.5. The quantitative estimate of drug-likeness (QED) is 0.781. The van der Waals surface area contributed by atoms with E-state index in [0.717, 1.165) is 10.0 Å². The van der Waals surface area contributed by atoms with Gasteiger partial charge in [0.25, 0.3) is 0 Å². The molecule has 2 aromatic carbocycles. The maximum Gasteiger partial charge on any atom is 0.248 e. The predicted molar refractivity (Wildman–Crippen MR) is 83.2 cm³/mol. The van der Waals surface area contributed by atoms with E-state index in [2.05, 4.69) is 21.2 Å². The second kappa shape index (κ2) is 6.68. The molecule has 2 aromatic rings. The molecule has 1 amide bonds.